The van der Waals surface area contributed by atoms with Crippen LogP contribution in [0.5, 0.6) is 5.75 Å². The van der Waals surface area contributed by atoms with Gasteiger partial charge in [0.05, 0.1) is 18.5 Å². The van der Waals surface area contributed by atoms with Crippen molar-refractivity contribution in [3.8, 4) is 17.0 Å². The molecule has 0 bridgehead atoms. The fourth-order valence-corrected chi connectivity index (χ4v) is 5.93. The van der Waals surface area contributed by atoms with Crippen molar-refractivity contribution in [1.82, 2.24) is 14.8 Å². The minimum atomic E-state index is -0.400. The van der Waals surface area contributed by atoms with Crippen molar-refractivity contribution >= 4 is 22.9 Å². The first-order chi connectivity index (χ1) is 18.6. The van der Waals surface area contributed by atoms with Crippen molar-refractivity contribution in [2.45, 2.75) is 25.8 Å². The average molecular weight is 527 g/mol. The van der Waals surface area contributed by atoms with Crippen molar-refractivity contribution in [3.63, 3.8) is 0 Å². The second-order valence-electron chi connectivity index (χ2n) is 9.54. The van der Waals surface area contributed by atoms with Gasteiger partial charge in [-0.05, 0) is 55.2 Å². The molecule has 0 aliphatic carbocycles. The molecule has 1 fully saturated rings. The number of piperazine rings is 1. The molecule has 38 heavy (non-hydrogen) atoms. The van der Waals surface area contributed by atoms with Gasteiger partial charge in [-0.15, -0.1) is 11.3 Å². The molecule has 6 nitrogen and oxygen atoms in total. The summed E-state index contributed by atoms with van der Waals surface area (Å²) < 4.78 is 7.89. The lowest BCUT2D eigenvalue weighted by atomic mass is 10.0. The van der Waals surface area contributed by atoms with E-state index in [2.05, 4.69) is 64.7 Å². The van der Waals surface area contributed by atoms with Gasteiger partial charge in [0.25, 0.3) is 0 Å². The molecule has 1 aliphatic rings. The lowest BCUT2D eigenvalue weighted by Gasteiger charge is -2.32. The van der Waals surface area contributed by atoms with Crippen molar-refractivity contribution in [1.29, 1.82) is 0 Å². The van der Waals surface area contributed by atoms with E-state index >= 15 is 0 Å². The second-order valence-corrected chi connectivity index (χ2v) is 10.4. The molecule has 7 heteroatoms. The van der Waals surface area contributed by atoms with Gasteiger partial charge in [-0.2, -0.15) is 0 Å². The van der Waals surface area contributed by atoms with E-state index in [1.54, 1.807) is 18.4 Å². The van der Waals surface area contributed by atoms with Gasteiger partial charge in [-0.25, -0.2) is 4.99 Å². The van der Waals surface area contributed by atoms with Gasteiger partial charge in [-0.1, -0.05) is 54.6 Å². The summed E-state index contributed by atoms with van der Waals surface area (Å²) in [7, 11) is 1.69. The Labute approximate surface area is 228 Å². The van der Waals surface area contributed by atoms with Gasteiger partial charge in [0.15, 0.2) is 4.80 Å². The maximum absolute atomic E-state index is 14.2. The Kier molecular flexibility index (Phi) is 8.36. The number of carbonyl (C=O) groups is 1. The highest BCUT2D eigenvalue weighted by Crippen LogP contribution is 2.33. The standard InChI is InChI=1S/C31H34N4O2S/c1-23-9-8-12-25(21-23)33-31-35(28(22-38-31)26-13-6-7-14-29(26)37-2)27(16-15-24-10-4-3-5-11-24)30(36)34-19-17-32-18-20-34/h3-14,21-22,27,32H,15-20H2,1-2H3/t27-/m0/s1. The number of nitrogens with zero attached hydrogens (tertiary/aromatic N) is 3. The fraction of sp³-hybridized carbons (Fsp3) is 0.290. The molecule has 1 saturated heterocycles. The number of aryl methyl sites for hydroxylation is 2. The van der Waals surface area contributed by atoms with Crippen molar-refractivity contribution in [2.24, 2.45) is 4.99 Å². The zero-order valence-corrected chi connectivity index (χ0v) is 22.8. The van der Waals surface area contributed by atoms with E-state index < -0.39 is 6.04 Å². The van der Waals surface area contributed by atoms with Crippen LogP contribution >= 0.6 is 11.3 Å². The Morgan fingerprint density at radius 3 is 2.55 bits per heavy atom. The number of nitrogens with one attached hydrogen (secondary N) is 1. The zero-order chi connectivity index (χ0) is 26.3. The van der Waals surface area contributed by atoms with Crippen LogP contribution in [0.4, 0.5) is 5.69 Å². The number of rotatable bonds is 8. The van der Waals surface area contributed by atoms with Crippen LogP contribution in [0.3, 0.4) is 0 Å². The minimum absolute atomic E-state index is 0.141. The van der Waals surface area contributed by atoms with Crippen LogP contribution in [0.1, 0.15) is 23.6 Å². The number of carbonyl (C=O) groups excluding carboxylic acids is 1. The maximum atomic E-state index is 14.2. The van der Waals surface area contributed by atoms with Gasteiger partial charge in [0.1, 0.15) is 11.8 Å². The predicted octanol–water partition coefficient (Wildman–Crippen LogP) is 5.37. The Morgan fingerprint density at radius 1 is 1.03 bits per heavy atom. The number of para-hydroxylation sites is 1. The van der Waals surface area contributed by atoms with E-state index in [1.807, 2.05) is 41.3 Å². The van der Waals surface area contributed by atoms with Crippen LogP contribution in [0.15, 0.2) is 89.2 Å². The van der Waals surface area contributed by atoms with Crippen LogP contribution in [0, 0.1) is 6.92 Å². The summed E-state index contributed by atoms with van der Waals surface area (Å²) in [4.78, 5) is 22.1. The van der Waals surface area contributed by atoms with Crippen molar-refractivity contribution in [3.05, 3.63) is 100 Å². The molecule has 5 rings (SSSR count). The molecule has 196 valence electrons. The van der Waals surface area contributed by atoms with E-state index in [9.17, 15) is 4.79 Å². The molecule has 0 saturated carbocycles. The number of aromatic nitrogens is 1. The summed E-state index contributed by atoms with van der Waals surface area (Å²) in [6.07, 6.45) is 1.47. The summed E-state index contributed by atoms with van der Waals surface area (Å²) in [5.74, 6) is 0.917. The van der Waals surface area contributed by atoms with Gasteiger partial charge >= 0.3 is 0 Å². The highest BCUT2D eigenvalue weighted by atomic mass is 32.1. The van der Waals surface area contributed by atoms with Crippen LogP contribution in [-0.4, -0.2) is 48.7 Å². The maximum Gasteiger partial charge on any atom is 0.245 e. The van der Waals surface area contributed by atoms with Crippen LogP contribution < -0.4 is 14.9 Å². The first kappa shape index (κ1) is 25.9. The molecular weight excluding hydrogens is 492 g/mol. The Balaban J connectivity index is 1.67. The summed E-state index contributed by atoms with van der Waals surface area (Å²) >= 11 is 1.56. The minimum Gasteiger partial charge on any atom is -0.496 e. The smallest absolute Gasteiger partial charge is 0.245 e. The number of hydrogen-bond acceptors (Lipinski definition) is 5. The number of methoxy groups -OCH3 is 1. The third-order valence-electron chi connectivity index (χ3n) is 6.93. The van der Waals surface area contributed by atoms with E-state index in [1.165, 1.54) is 5.56 Å². The third kappa shape index (κ3) is 5.90. The molecule has 0 spiro atoms. The number of hydrogen-bond donors (Lipinski definition) is 1. The zero-order valence-electron chi connectivity index (χ0n) is 22.0. The van der Waals surface area contributed by atoms with E-state index in [0.29, 0.717) is 19.5 Å². The molecule has 1 amide bonds. The normalized spacial score (nSPS) is 14.9. The molecule has 0 unspecified atom stereocenters. The summed E-state index contributed by atoms with van der Waals surface area (Å²) in [5, 5.41) is 5.47. The second kappa shape index (κ2) is 12.2. The highest BCUT2D eigenvalue weighted by molar-refractivity contribution is 7.07. The molecule has 1 aromatic heterocycles. The van der Waals surface area contributed by atoms with E-state index in [4.69, 9.17) is 9.73 Å². The Bertz CT molecular complexity index is 1440. The summed E-state index contributed by atoms with van der Waals surface area (Å²) in [5.41, 5.74) is 5.15. The predicted molar refractivity (Wildman–Crippen MR) is 154 cm³/mol. The van der Waals surface area contributed by atoms with Crippen molar-refractivity contribution in [2.75, 3.05) is 33.3 Å². The first-order valence-electron chi connectivity index (χ1n) is 13.1. The van der Waals surface area contributed by atoms with Crippen LogP contribution in [0.25, 0.3) is 11.3 Å². The molecule has 2 heterocycles. The lowest BCUT2D eigenvalue weighted by Crippen LogP contribution is -2.49. The van der Waals surface area contributed by atoms with E-state index in [-0.39, 0.29) is 5.91 Å². The molecule has 1 aliphatic heterocycles. The summed E-state index contributed by atoms with van der Waals surface area (Å²) in [6.45, 7) is 5.11. The van der Waals surface area contributed by atoms with Crippen LogP contribution in [-0.2, 0) is 11.2 Å². The van der Waals surface area contributed by atoms with Crippen LogP contribution in [0.2, 0.25) is 0 Å². The quantitative estimate of drug-likeness (QED) is 0.336. The fourth-order valence-electron chi connectivity index (χ4n) is 4.97. The number of benzene rings is 3. The van der Waals surface area contributed by atoms with Crippen molar-refractivity contribution < 1.29 is 9.53 Å². The molecule has 4 aromatic rings. The molecule has 1 atom stereocenters. The van der Waals surface area contributed by atoms with Gasteiger partial charge in [-0.3, -0.25) is 4.79 Å². The number of amides is 1. The van der Waals surface area contributed by atoms with Gasteiger partial charge in [0, 0.05) is 37.1 Å². The molecule has 0 radical (unpaired) electrons. The largest absolute Gasteiger partial charge is 0.496 e. The monoisotopic (exact) mass is 526 g/mol. The Morgan fingerprint density at radius 2 is 1.79 bits per heavy atom. The van der Waals surface area contributed by atoms with Gasteiger partial charge in [0.2, 0.25) is 5.91 Å². The lowest BCUT2D eigenvalue weighted by molar-refractivity contribution is -0.135. The average Bonchev–Trinajstić information content (AvgIpc) is 3.36. The van der Waals surface area contributed by atoms with E-state index in [0.717, 1.165) is 52.6 Å². The summed E-state index contributed by atoms with van der Waals surface area (Å²) in [6, 6.07) is 26.2. The molecule has 3 aromatic carbocycles. The molecular formula is C31H34N4O2S. The Hall–Kier alpha value is -3.68. The number of ether oxygens (including phenoxy) is 1. The third-order valence-corrected chi connectivity index (χ3v) is 7.77. The van der Waals surface area contributed by atoms with Gasteiger partial charge < -0.3 is 19.5 Å². The number of thiazole rings is 1. The first-order valence-corrected chi connectivity index (χ1v) is 14.0. The topological polar surface area (TPSA) is 58.9 Å². The SMILES string of the molecule is COc1ccccc1-c1csc(=Nc2cccc(C)c2)n1[C@@H](CCc1ccccc1)C(=O)N1CCNCC1. The molecule has 1 N–H and O–H groups in total. The highest BCUT2D eigenvalue weighted by Gasteiger charge is 2.30.